The number of H-pyrrole nitrogens is 1. The van der Waals surface area contributed by atoms with Crippen molar-refractivity contribution in [2.24, 2.45) is 18.9 Å². The van der Waals surface area contributed by atoms with E-state index in [1.165, 1.54) is 7.05 Å². The number of hydrogen-bond donors (Lipinski definition) is 2. The molecule has 1 heterocycles. The number of aromatic nitrogens is 3. The molecule has 25 heavy (non-hydrogen) atoms. The number of aryl methyl sites for hydroxylation is 1. The minimum atomic E-state index is -0.964. The summed E-state index contributed by atoms with van der Waals surface area (Å²) in [5.74, 6) is -3.45. The zero-order valence-electron chi connectivity index (χ0n) is 13.5. The van der Waals surface area contributed by atoms with Gasteiger partial charge in [0.2, 0.25) is 5.82 Å². The van der Waals surface area contributed by atoms with Crippen molar-refractivity contribution in [2.45, 2.75) is 19.3 Å². The zero-order valence-corrected chi connectivity index (χ0v) is 13.5. The topological polar surface area (TPSA) is 79.8 Å². The lowest BCUT2D eigenvalue weighted by Gasteiger charge is -2.17. The van der Waals surface area contributed by atoms with E-state index in [1.807, 2.05) is 0 Å². The maximum absolute atomic E-state index is 13.8. The van der Waals surface area contributed by atoms with Crippen molar-refractivity contribution in [3.8, 4) is 0 Å². The first-order valence-corrected chi connectivity index (χ1v) is 7.90. The Labute approximate surface area is 141 Å². The van der Waals surface area contributed by atoms with Crippen LogP contribution >= 0.6 is 0 Å². The van der Waals surface area contributed by atoms with Gasteiger partial charge in [-0.3, -0.25) is 9.78 Å². The number of hydrogen-bond acceptors (Lipinski definition) is 3. The highest BCUT2D eigenvalue weighted by atomic mass is 19.1. The summed E-state index contributed by atoms with van der Waals surface area (Å²) in [6, 6.07) is 1.30. The van der Waals surface area contributed by atoms with E-state index >= 15 is 0 Å². The average Bonchev–Trinajstić information content (AvgIpc) is 3.31. The van der Waals surface area contributed by atoms with Gasteiger partial charge < -0.3 is 5.32 Å². The molecule has 0 aliphatic heterocycles. The second-order valence-electron chi connectivity index (χ2n) is 6.26. The number of nitrogens with one attached hydrogen (secondary N) is 2. The van der Waals surface area contributed by atoms with Gasteiger partial charge in [-0.25, -0.2) is 22.6 Å². The van der Waals surface area contributed by atoms with Crippen LogP contribution in [0.1, 0.15) is 29.0 Å². The lowest BCUT2D eigenvalue weighted by atomic mass is 9.94. The largest absolute Gasteiger partial charge is 0.349 e. The summed E-state index contributed by atoms with van der Waals surface area (Å²) in [5.41, 5.74) is -0.696. The van der Waals surface area contributed by atoms with Crippen molar-refractivity contribution < 1.29 is 18.0 Å². The van der Waals surface area contributed by atoms with Crippen LogP contribution in [0.4, 0.5) is 13.2 Å². The summed E-state index contributed by atoms with van der Waals surface area (Å²) >= 11 is 0. The Morgan fingerprint density at radius 3 is 2.52 bits per heavy atom. The first-order chi connectivity index (χ1) is 11.8. The third kappa shape index (κ3) is 3.92. The van der Waals surface area contributed by atoms with Crippen LogP contribution in [0.25, 0.3) is 0 Å². The van der Waals surface area contributed by atoms with E-state index < -0.39 is 29.0 Å². The molecular weight excluding hydrogens is 337 g/mol. The molecule has 1 aliphatic rings. The second-order valence-corrected chi connectivity index (χ2v) is 6.26. The SMILES string of the molecule is Cn1nc(C(=O)NCC(Cc2c(F)cc(F)cc2F)C2CC2)[nH]c1=O. The van der Waals surface area contributed by atoms with Crippen LogP contribution in [-0.2, 0) is 13.5 Å². The monoisotopic (exact) mass is 354 g/mol. The van der Waals surface area contributed by atoms with Gasteiger partial charge in [0.1, 0.15) is 17.5 Å². The first-order valence-electron chi connectivity index (χ1n) is 7.90. The third-order valence-corrected chi connectivity index (χ3v) is 4.37. The summed E-state index contributed by atoms with van der Waals surface area (Å²) in [6.07, 6.45) is 1.87. The third-order valence-electron chi connectivity index (χ3n) is 4.37. The zero-order chi connectivity index (χ0) is 18.1. The number of nitrogens with zero attached hydrogens (tertiary/aromatic N) is 2. The molecule has 3 rings (SSSR count). The van der Waals surface area contributed by atoms with Crippen LogP contribution in [0.2, 0.25) is 0 Å². The highest BCUT2D eigenvalue weighted by molar-refractivity contribution is 5.90. The lowest BCUT2D eigenvalue weighted by Crippen LogP contribution is -2.32. The normalized spacial score (nSPS) is 15.2. The number of rotatable bonds is 6. The van der Waals surface area contributed by atoms with Crippen molar-refractivity contribution in [3.05, 3.63) is 51.5 Å². The molecule has 1 aliphatic carbocycles. The fraction of sp³-hybridized carbons (Fsp3) is 0.438. The molecule has 0 radical (unpaired) electrons. The van der Waals surface area contributed by atoms with Gasteiger partial charge in [-0.1, -0.05) is 0 Å². The van der Waals surface area contributed by atoms with Gasteiger partial charge in [0.25, 0.3) is 5.91 Å². The Kier molecular flexibility index (Phi) is 4.65. The van der Waals surface area contributed by atoms with Gasteiger partial charge in [-0.2, -0.15) is 0 Å². The Morgan fingerprint density at radius 2 is 2.00 bits per heavy atom. The number of aromatic amines is 1. The van der Waals surface area contributed by atoms with Crippen molar-refractivity contribution >= 4 is 5.91 Å². The first kappa shape index (κ1) is 17.2. The Hall–Kier alpha value is -2.58. The Morgan fingerprint density at radius 1 is 1.36 bits per heavy atom. The number of carbonyl (C=O) groups is 1. The minimum Gasteiger partial charge on any atom is -0.349 e. The standard InChI is InChI=1S/C16H17F3N4O2/c1-23-16(25)21-14(22-23)15(24)20-7-9(8-2-3-8)4-11-12(18)5-10(17)6-13(11)19/h5-6,8-9H,2-4,7H2,1H3,(H,20,24)(H,21,22,25). The van der Waals surface area contributed by atoms with Gasteiger partial charge in [0.05, 0.1) is 0 Å². The molecule has 1 aromatic carbocycles. The van der Waals surface area contributed by atoms with E-state index in [0.717, 1.165) is 17.5 Å². The highest BCUT2D eigenvalue weighted by Crippen LogP contribution is 2.38. The average molecular weight is 354 g/mol. The smallest absolute Gasteiger partial charge is 0.343 e. The molecule has 1 aromatic heterocycles. The van der Waals surface area contributed by atoms with Crippen molar-refractivity contribution in [1.29, 1.82) is 0 Å². The van der Waals surface area contributed by atoms with Gasteiger partial charge >= 0.3 is 5.69 Å². The summed E-state index contributed by atoms with van der Waals surface area (Å²) < 4.78 is 41.7. The number of halogens is 3. The predicted molar refractivity (Wildman–Crippen MR) is 82.4 cm³/mol. The van der Waals surface area contributed by atoms with Crippen LogP contribution in [0.5, 0.6) is 0 Å². The van der Waals surface area contributed by atoms with E-state index in [0.29, 0.717) is 12.1 Å². The summed E-state index contributed by atoms with van der Waals surface area (Å²) in [6.45, 7) is 0.179. The maximum Gasteiger partial charge on any atom is 0.343 e. The van der Waals surface area contributed by atoms with Gasteiger partial charge in [-0.15, -0.1) is 5.10 Å². The van der Waals surface area contributed by atoms with E-state index in [1.54, 1.807) is 0 Å². The van der Waals surface area contributed by atoms with E-state index in [2.05, 4.69) is 15.4 Å². The van der Waals surface area contributed by atoms with Gasteiger partial charge in [-0.05, 0) is 31.1 Å². The molecular formula is C16H17F3N4O2. The summed E-state index contributed by atoms with van der Waals surface area (Å²) in [4.78, 5) is 25.6. The minimum absolute atomic E-state index is 0.0572. The molecule has 0 spiro atoms. The summed E-state index contributed by atoms with van der Waals surface area (Å²) in [5, 5.41) is 6.37. The fourth-order valence-electron chi connectivity index (χ4n) is 2.81. The van der Waals surface area contributed by atoms with E-state index in [4.69, 9.17) is 0 Å². The van der Waals surface area contributed by atoms with Crippen LogP contribution in [0.3, 0.4) is 0 Å². The van der Waals surface area contributed by atoms with Crippen molar-refractivity contribution in [3.63, 3.8) is 0 Å². The molecule has 134 valence electrons. The molecule has 0 saturated heterocycles. The molecule has 9 heteroatoms. The van der Waals surface area contributed by atoms with Crippen LogP contribution in [0.15, 0.2) is 16.9 Å². The highest BCUT2D eigenvalue weighted by Gasteiger charge is 2.33. The molecule has 1 atom stereocenters. The lowest BCUT2D eigenvalue weighted by molar-refractivity contribution is 0.0934. The summed E-state index contributed by atoms with van der Waals surface area (Å²) in [7, 11) is 1.41. The van der Waals surface area contributed by atoms with Gasteiger partial charge in [0.15, 0.2) is 0 Å². The fourth-order valence-corrected chi connectivity index (χ4v) is 2.81. The molecule has 1 saturated carbocycles. The van der Waals surface area contributed by atoms with E-state index in [9.17, 15) is 22.8 Å². The number of amides is 1. The Balaban J connectivity index is 1.68. The Bertz CT molecular complexity index is 834. The molecule has 1 amide bonds. The van der Waals surface area contributed by atoms with Crippen molar-refractivity contribution in [2.75, 3.05) is 6.54 Å². The van der Waals surface area contributed by atoms with Crippen LogP contribution in [0, 0.1) is 29.3 Å². The molecule has 2 N–H and O–H groups in total. The van der Waals surface area contributed by atoms with Crippen molar-refractivity contribution in [1.82, 2.24) is 20.1 Å². The quantitative estimate of drug-likeness (QED) is 0.826. The predicted octanol–water partition coefficient (Wildman–Crippen LogP) is 1.52. The van der Waals surface area contributed by atoms with Gasteiger partial charge in [0, 0.05) is 31.3 Å². The van der Waals surface area contributed by atoms with Crippen LogP contribution < -0.4 is 11.0 Å². The van der Waals surface area contributed by atoms with Crippen LogP contribution in [-0.4, -0.2) is 27.2 Å². The maximum atomic E-state index is 13.8. The molecule has 1 fully saturated rings. The number of carbonyl (C=O) groups excluding carboxylic acids is 1. The number of benzene rings is 1. The molecule has 2 aromatic rings. The molecule has 6 nitrogen and oxygen atoms in total. The molecule has 0 bridgehead atoms. The molecule has 1 unspecified atom stereocenters. The van der Waals surface area contributed by atoms with E-state index in [-0.39, 0.29) is 36.2 Å². The second kappa shape index (κ2) is 6.73.